The Morgan fingerprint density at radius 2 is 1.10 bits per heavy atom. The van der Waals surface area contributed by atoms with Crippen LogP contribution in [0.15, 0.2) is 12.1 Å². The third-order valence-corrected chi connectivity index (χ3v) is 11.3. The molecule has 2 aliphatic heterocycles. The average Bonchev–Trinajstić information content (AvgIpc) is 2.91. The monoisotopic (exact) mass is 689 g/mol. The summed E-state index contributed by atoms with van der Waals surface area (Å²) in [5.41, 5.74) is 3.42. The second kappa shape index (κ2) is 16.9. The van der Waals surface area contributed by atoms with Gasteiger partial charge < -0.3 is 14.9 Å². The molecule has 0 saturated carbocycles. The van der Waals surface area contributed by atoms with Crippen molar-refractivity contribution in [3.05, 3.63) is 28.8 Å². The van der Waals surface area contributed by atoms with Gasteiger partial charge in [0.1, 0.15) is 18.3 Å². The Morgan fingerprint density at radius 3 is 1.37 bits per heavy atom. The number of rotatable bonds is 7. The van der Waals surface area contributed by atoms with Crippen LogP contribution < -0.4 is 0 Å². The molecule has 0 amide bonds. The van der Waals surface area contributed by atoms with E-state index >= 15 is 0 Å². The topological polar surface area (TPSA) is 90.3 Å². The number of likely N-dealkylation sites (tertiary alicyclic amines) is 2. The number of aromatic hydroxyl groups is 1. The fourth-order valence-corrected chi connectivity index (χ4v) is 7.21. The van der Waals surface area contributed by atoms with Crippen molar-refractivity contribution < 1.29 is 24.5 Å². The molecule has 0 bridgehead atoms. The molecule has 3 rings (SSSR count). The standard InChI is InChI=1S/C22H34O5.2C10H21N/c1-8-9-10-17(27-19(25)13-18(23)24)14-11-15(21(2,3)4)20(26)16(12-14)22(5,6)7;2*1-9(2)7-6-8-10(3,4)11(9)5/h11-12,17,26H,8-10,13H2,1-7H3,(H,23,24);2*6-8H2,1-5H3. The summed E-state index contributed by atoms with van der Waals surface area (Å²) in [5, 5.41) is 19.7. The second-order valence-electron chi connectivity index (χ2n) is 19.2. The predicted octanol–water partition coefficient (Wildman–Crippen LogP) is 10.6. The molecule has 2 aliphatic rings. The van der Waals surface area contributed by atoms with Crippen molar-refractivity contribution in [1.82, 2.24) is 9.80 Å². The predicted molar refractivity (Wildman–Crippen MR) is 206 cm³/mol. The number of ether oxygens (including phenoxy) is 1. The number of nitrogens with zero attached hydrogens (tertiary/aromatic N) is 2. The van der Waals surface area contributed by atoms with E-state index in [1.54, 1.807) is 0 Å². The second-order valence-corrected chi connectivity index (χ2v) is 19.2. The first kappa shape index (κ1) is 44.9. The molecule has 2 heterocycles. The fourth-order valence-electron chi connectivity index (χ4n) is 7.21. The molecule has 0 radical (unpaired) electrons. The van der Waals surface area contributed by atoms with Gasteiger partial charge in [-0.1, -0.05) is 54.9 Å². The summed E-state index contributed by atoms with van der Waals surface area (Å²) in [5.74, 6) is -1.68. The van der Waals surface area contributed by atoms with Crippen LogP contribution in [0.5, 0.6) is 5.75 Å². The van der Waals surface area contributed by atoms with Crippen LogP contribution in [0.25, 0.3) is 0 Å². The van der Waals surface area contributed by atoms with Gasteiger partial charge in [0.2, 0.25) is 0 Å². The summed E-state index contributed by atoms with van der Waals surface area (Å²) in [7, 11) is 4.50. The summed E-state index contributed by atoms with van der Waals surface area (Å²) in [6.45, 7) is 32.9. The van der Waals surface area contributed by atoms with E-state index in [1.807, 2.05) is 60.6 Å². The third kappa shape index (κ3) is 13.2. The lowest BCUT2D eigenvalue weighted by Crippen LogP contribution is -2.56. The number of esters is 1. The van der Waals surface area contributed by atoms with Crippen molar-refractivity contribution in [3.8, 4) is 5.75 Å². The number of carbonyl (C=O) groups excluding carboxylic acids is 1. The Kier molecular flexibility index (Phi) is 15.5. The van der Waals surface area contributed by atoms with Crippen LogP contribution in [0, 0.1) is 0 Å². The summed E-state index contributed by atoms with van der Waals surface area (Å²) in [4.78, 5) is 27.8. The number of unbranched alkanes of at least 4 members (excludes halogenated alkanes) is 1. The Balaban J connectivity index is 0.000000443. The van der Waals surface area contributed by atoms with Crippen molar-refractivity contribution in [2.75, 3.05) is 14.1 Å². The maximum atomic E-state index is 12.0. The third-order valence-electron chi connectivity index (χ3n) is 11.3. The van der Waals surface area contributed by atoms with Crippen molar-refractivity contribution in [1.29, 1.82) is 0 Å². The number of phenols is 1. The van der Waals surface area contributed by atoms with Crippen molar-refractivity contribution in [3.63, 3.8) is 0 Å². The number of carboxylic acid groups (broad SMARTS) is 1. The van der Waals surface area contributed by atoms with E-state index in [9.17, 15) is 14.7 Å². The van der Waals surface area contributed by atoms with Crippen LogP contribution in [0.4, 0.5) is 0 Å². The first-order chi connectivity index (χ1) is 22.0. The van der Waals surface area contributed by atoms with E-state index in [0.29, 0.717) is 28.6 Å². The van der Waals surface area contributed by atoms with E-state index in [2.05, 4.69) is 79.3 Å². The number of piperidine rings is 2. The minimum atomic E-state index is -1.20. The Morgan fingerprint density at radius 1 is 0.755 bits per heavy atom. The van der Waals surface area contributed by atoms with Gasteiger partial charge in [-0.05, 0) is 161 Å². The largest absolute Gasteiger partial charge is 0.507 e. The molecule has 0 aliphatic carbocycles. The number of benzene rings is 1. The average molecular weight is 689 g/mol. The number of phenolic OH excluding ortho intramolecular Hbond substituents is 1. The SMILES string of the molecule is CCCCC(OC(=O)CC(=O)O)c1cc(C(C)(C)C)c(O)c(C(C)(C)C)c1.CN1C(C)(C)CCCC1(C)C.CN1C(C)(C)CCCC1(C)C. The van der Waals surface area contributed by atoms with Crippen LogP contribution in [-0.2, 0) is 25.2 Å². The highest BCUT2D eigenvalue weighted by Crippen LogP contribution is 2.42. The van der Waals surface area contributed by atoms with E-state index < -0.39 is 24.5 Å². The molecule has 2 saturated heterocycles. The van der Waals surface area contributed by atoms with E-state index in [1.165, 1.54) is 38.5 Å². The maximum absolute atomic E-state index is 12.0. The molecule has 1 atom stereocenters. The molecule has 2 N–H and O–H groups in total. The lowest BCUT2D eigenvalue weighted by atomic mass is 9.77. The number of carbonyl (C=O) groups is 2. The van der Waals surface area contributed by atoms with Gasteiger partial charge in [0.25, 0.3) is 0 Å². The summed E-state index contributed by atoms with van der Waals surface area (Å²) >= 11 is 0. The van der Waals surface area contributed by atoms with Gasteiger partial charge in [-0.25, -0.2) is 0 Å². The Labute approximate surface area is 301 Å². The molecule has 49 heavy (non-hydrogen) atoms. The number of hydrogen-bond donors (Lipinski definition) is 2. The smallest absolute Gasteiger partial charge is 0.317 e. The van der Waals surface area contributed by atoms with E-state index in [0.717, 1.165) is 29.5 Å². The van der Waals surface area contributed by atoms with Crippen molar-refractivity contribution >= 4 is 11.9 Å². The van der Waals surface area contributed by atoms with Crippen molar-refractivity contribution in [2.45, 2.75) is 207 Å². The normalized spacial score (nSPS) is 20.9. The lowest BCUT2D eigenvalue weighted by Gasteiger charge is -2.51. The quantitative estimate of drug-likeness (QED) is 0.218. The maximum Gasteiger partial charge on any atom is 0.317 e. The van der Waals surface area contributed by atoms with Crippen LogP contribution in [0.1, 0.15) is 191 Å². The molecule has 284 valence electrons. The molecular weight excluding hydrogens is 612 g/mol. The van der Waals surface area contributed by atoms with Gasteiger partial charge in [0.05, 0.1) is 0 Å². The van der Waals surface area contributed by atoms with Gasteiger partial charge in [0.15, 0.2) is 0 Å². The Bertz CT molecular complexity index is 1130. The first-order valence-electron chi connectivity index (χ1n) is 18.8. The molecule has 2 fully saturated rings. The summed E-state index contributed by atoms with van der Waals surface area (Å²) in [6.07, 6.45) is 9.33. The van der Waals surface area contributed by atoms with E-state index in [4.69, 9.17) is 9.84 Å². The molecule has 1 unspecified atom stereocenters. The zero-order valence-corrected chi connectivity index (χ0v) is 34.8. The number of hydrogen-bond acceptors (Lipinski definition) is 6. The minimum absolute atomic E-state index is 0.268. The summed E-state index contributed by atoms with van der Waals surface area (Å²) in [6, 6.07) is 3.78. The van der Waals surface area contributed by atoms with Crippen LogP contribution in [-0.4, -0.2) is 68.2 Å². The highest BCUT2D eigenvalue weighted by atomic mass is 16.5. The van der Waals surface area contributed by atoms with Gasteiger partial charge in [0, 0.05) is 22.2 Å². The van der Waals surface area contributed by atoms with Crippen LogP contribution in [0.3, 0.4) is 0 Å². The fraction of sp³-hybridized carbons (Fsp3) is 0.810. The van der Waals surface area contributed by atoms with Crippen LogP contribution in [0.2, 0.25) is 0 Å². The molecular formula is C42H76N2O5. The Hall–Kier alpha value is -2.12. The minimum Gasteiger partial charge on any atom is -0.507 e. The van der Waals surface area contributed by atoms with Gasteiger partial charge in [-0.2, -0.15) is 0 Å². The highest BCUT2D eigenvalue weighted by Gasteiger charge is 2.39. The zero-order chi connectivity index (χ0) is 38.4. The van der Waals surface area contributed by atoms with Gasteiger partial charge >= 0.3 is 11.9 Å². The highest BCUT2D eigenvalue weighted by molar-refractivity contribution is 5.90. The van der Waals surface area contributed by atoms with E-state index in [-0.39, 0.29) is 16.6 Å². The number of aliphatic carboxylic acids is 1. The molecule has 7 heteroatoms. The molecule has 1 aromatic rings. The first-order valence-corrected chi connectivity index (χ1v) is 18.8. The molecule has 0 spiro atoms. The molecule has 1 aromatic carbocycles. The van der Waals surface area contributed by atoms with Gasteiger partial charge in [-0.3, -0.25) is 19.4 Å². The lowest BCUT2D eigenvalue weighted by molar-refractivity contribution is -0.155. The molecule has 7 nitrogen and oxygen atoms in total. The number of carboxylic acids is 1. The molecule has 0 aromatic heterocycles. The zero-order valence-electron chi connectivity index (χ0n) is 34.8. The van der Waals surface area contributed by atoms with Crippen LogP contribution >= 0.6 is 0 Å². The van der Waals surface area contributed by atoms with Gasteiger partial charge in [-0.15, -0.1) is 0 Å². The summed E-state index contributed by atoms with van der Waals surface area (Å²) < 4.78 is 5.52. The van der Waals surface area contributed by atoms with Crippen molar-refractivity contribution in [2.24, 2.45) is 0 Å².